The van der Waals surface area contributed by atoms with Crippen LogP contribution < -0.4 is 9.47 Å². The first kappa shape index (κ1) is 16.2. The summed E-state index contributed by atoms with van der Waals surface area (Å²) in [5, 5.41) is 9.64. The number of ether oxygens (including phenoxy) is 3. The standard InChI is InChI=1S/C16H15BrO5/c1-20-14-7-10(12(17)8-15(14)21-2)9-22-16(19)11-5-3-4-6-13(11)18/h3-8,18H,9H2,1-2H3. The van der Waals surface area contributed by atoms with Crippen LogP contribution in [0.25, 0.3) is 0 Å². The van der Waals surface area contributed by atoms with Crippen molar-refractivity contribution < 1.29 is 24.1 Å². The van der Waals surface area contributed by atoms with Crippen LogP contribution >= 0.6 is 15.9 Å². The number of hydrogen-bond acceptors (Lipinski definition) is 5. The summed E-state index contributed by atoms with van der Waals surface area (Å²) in [6.45, 7) is 0.0358. The Morgan fingerprint density at radius 2 is 1.77 bits per heavy atom. The highest BCUT2D eigenvalue weighted by molar-refractivity contribution is 9.10. The molecule has 2 rings (SSSR count). The highest BCUT2D eigenvalue weighted by Crippen LogP contribution is 2.33. The molecule has 5 nitrogen and oxygen atoms in total. The maximum absolute atomic E-state index is 12.0. The molecule has 0 aromatic heterocycles. The molecule has 0 radical (unpaired) electrons. The van der Waals surface area contributed by atoms with Crippen molar-refractivity contribution >= 4 is 21.9 Å². The summed E-state index contributed by atoms with van der Waals surface area (Å²) < 4.78 is 16.4. The summed E-state index contributed by atoms with van der Waals surface area (Å²) in [6, 6.07) is 9.69. The van der Waals surface area contributed by atoms with Crippen LogP contribution in [0.3, 0.4) is 0 Å². The van der Waals surface area contributed by atoms with E-state index in [9.17, 15) is 9.90 Å². The largest absolute Gasteiger partial charge is 0.507 e. The average molecular weight is 367 g/mol. The second kappa shape index (κ2) is 7.17. The van der Waals surface area contributed by atoms with Crippen molar-refractivity contribution in [3.05, 3.63) is 52.0 Å². The fraction of sp³-hybridized carbons (Fsp3) is 0.188. The topological polar surface area (TPSA) is 65.0 Å². The lowest BCUT2D eigenvalue weighted by atomic mass is 10.2. The zero-order valence-electron chi connectivity index (χ0n) is 12.1. The van der Waals surface area contributed by atoms with E-state index in [-0.39, 0.29) is 17.9 Å². The van der Waals surface area contributed by atoms with Gasteiger partial charge in [-0.3, -0.25) is 0 Å². The Kier molecular flexibility index (Phi) is 5.27. The van der Waals surface area contributed by atoms with Gasteiger partial charge in [0.15, 0.2) is 11.5 Å². The molecule has 0 saturated carbocycles. The molecule has 0 bridgehead atoms. The third-order valence-corrected chi connectivity index (χ3v) is 3.77. The molecule has 0 amide bonds. The van der Waals surface area contributed by atoms with E-state index < -0.39 is 5.97 Å². The SMILES string of the molecule is COc1cc(Br)c(COC(=O)c2ccccc2O)cc1OC. The van der Waals surface area contributed by atoms with Crippen LogP contribution in [-0.2, 0) is 11.3 Å². The van der Waals surface area contributed by atoms with Crippen LogP contribution in [0.15, 0.2) is 40.9 Å². The van der Waals surface area contributed by atoms with Crippen LogP contribution in [0.1, 0.15) is 15.9 Å². The normalized spacial score (nSPS) is 10.1. The molecule has 0 unspecified atom stereocenters. The monoisotopic (exact) mass is 366 g/mol. The van der Waals surface area contributed by atoms with Crippen LogP contribution in [0.2, 0.25) is 0 Å². The van der Waals surface area contributed by atoms with E-state index >= 15 is 0 Å². The fourth-order valence-corrected chi connectivity index (χ4v) is 2.31. The number of hydrogen-bond donors (Lipinski definition) is 1. The van der Waals surface area contributed by atoms with E-state index in [4.69, 9.17) is 14.2 Å². The molecule has 0 aliphatic carbocycles. The quantitative estimate of drug-likeness (QED) is 0.820. The number of rotatable bonds is 5. The molecule has 2 aromatic carbocycles. The minimum Gasteiger partial charge on any atom is -0.507 e. The fourth-order valence-electron chi connectivity index (χ4n) is 1.87. The lowest BCUT2D eigenvalue weighted by molar-refractivity contribution is 0.0468. The number of phenols is 1. The van der Waals surface area contributed by atoms with Crippen molar-refractivity contribution in [3.8, 4) is 17.2 Å². The Hall–Kier alpha value is -2.21. The molecule has 2 aromatic rings. The van der Waals surface area contributed by atoms with Crippen LogP contribution in [0, 0.1) is 0 Å². The second-order valence-electron chi connectivity index (χ2n) is 4.39. The average Bonchev–Trinajstić information content (AvgIpc) is 2.53. The third-order valence-electron chi connectivity index (χ3n) is 3.04. The highest BCUT2D eigenvalue weighted by atomic mass is 79.9. The molecule has 0 aliphatic heterocycles. The molecular weight excluding hydrogens is 352 g/mol. The molecule has 0 aliphatic rings. The number of carbonyl (C=O) groups is 1. The van der Waals surface area contributed by atoms with E-state index in [0.717, 1.165) is 10.0 Å². The van der Waals surface area contributed by atoms with Crippen molar-refractivity contribution in [2.45, 2.75) is 6.61 Å². The maximum atomic E-state index is 12.0. The highest BCUT2D eigenvalue weighted by Gasteiger charge is 2.14. The summed E-state index contributed by atoms with van der Waals surface area (Å²) in [5.41, 5.74) is 0.848. The summed E-state index contributed by atoms with van der Waals surface area (Å²) in [7, 11) is 3.08. The molecule has 1 N–H and O–H groups in total. The summed E-state index contributed by atoms with van der Waals surface area (Å²) in [6.07, 6.45) is 0. The van der Waals surface area contributed by atoms with Gasteiger partial charge in [-0.1, -0.05) is 28.1 Å². The minimum absolute atomic E-state index is 0.0358. The van der Waals surface area contributed by atoms with E-state index in [1.165, 1.54) is 19.2 Å². The first-order valence-corrected chi connectivity index (χ1v) is 7.21. The van der Waals surface area contributed by atoms with Gasteiger partial charge in [0.2, 0.25) is 0 Å². The molecule has 6 heteroatoms. The minimum atomic E-state index is -0.597. The Morgan fingerprint density at radius 1 is 1.14 bits per heavy atom. The molecule has 0 saturated heterocycles. The lowest BCUT2D eigenvalue weighted by Gasteiger charge is -2.12. The van der Waals surface area contributed by atoms with Gasteiger partial charge in [-0.05, 0) is 24.3 Å². The Bertz CT molecular complexity index is 684. The molecule has 0 spiro atoms. The molecular formula is C16H15BrO5. The number of phenolic OH excluding ortho intramolecular Hbond substituents is 1. The zero-order chi connectivity index (χ0) is 16.1. The van der Waals surface area contributed by atoms with Gasteiger partial charge in [-0.25, -0.2) is 4.79 Å². The third kappa shape index (κ3) is 3.51. The number of methoxy groups -OCH3 is 2. The Labute approximate surface area is 136 Å². The number of para-hydroxylation sites is 1. The van der Waals surface area contributed by atoms with Gasteiger partial charge in [0, 0.05) is 10.0 Å². The van der Waals surface area contributed by atoms with E-state index in [0.29, 0.717) is 11.5 Å². The van der Waals surface area contributed by atoms with Crippen LogP contribution in [-0.4, -0.2) is 25.3 Å². The van der Waals surface area contributed by atoms with Crippen molar-refractivity contribution in [2.24, 2.45) is 0 Å². The number of carbonyl (C=O) groups excluding carboxylic acids is 1. The molecule has 22 heavy (non-hydrogen) atoms. The molecule has 116 valence electrons. The van der Waals surface area contributed by atoms with Gasteiger partial charge < -0.3 is 19.3 Å². The second-order valence-corrected chi connectivity index (χ2v) is 5.25. The maximum Gasteiger partial charge on any atom is 0.342 e. The first-order valence-electron chi connectivity index (χ1n) is 6.42. The van der Waals surface area contributed by atoms with Crippen molar-refractivity contribution in [1.82, 2.24) is 0 Å². The number of benzene rings is 2. The summed E-state index contributed by atoms with van der Waals surface area (Å²) in [4.78, 5) is 12.0. The first-order chi connectivity index (χ1) is 10.6. The van der Waals surface area contributed by atoms with Gasteiger partial charge in [-0.2, -0.15) is 0 Å². The summed E-state index contributed by atoms with van der Waals surface area (Å²) in [5.74, 6) is 0.406. The van der Waals surface area contributed by atoms with Crippen molar-refractivity contribution in [2.75, 3.05) is 14.2 Å². The van der Waals surface area contributed by atoms with Gasteiger partial charge >= 0.3 is 5.97 Å². The van der Waals surface area contributed by atoms with Crippen LogP contribution in [0.4, 0.5) is 0 Å². The van der Waals surface area contributed by atoms with Gasteiger partial charge in [0.05, 0.1) is 14.2 Å². The predicted molar refractivity (Wildman–Crippen MR) is 84.5 cm³/mol. The zero-order valence-corrected chi connectivity index (χ0v) is 13.7. The Balaban J connectivity index is 2.15. The van der Waals surface area contributed by atoms with E-state index in [2.05, 4.69) is 15.9 Å². The number of aromatic hydroxyl groups is 1. The molecule has 0 atom stereocenters. The van der Waals surface area contributed by atoms with Gasteiger partial charge in [0.25, 0.3) is 0 Å². The number of esters is 1. The smallest absolute Gasteiger partial charge is 0.342 e. The Morgan fingerprint density at radius 3 is 2.41 bits per heavy atom. The lowest BCUT2D eigenvalue weighted by Crippen LogP contribution is -2.06. The number of halogens is 1. The van der Waals surface area contributed by atoms with Gasteiger partial charge in [-0.15, -0.1) is 0 Å². The van der Waals surface area contributed by atoms with Gasteiger partial charge in [0.1, 0.15) is 17.9 Å². The predicted octanol–water partition coefficient (Wildman–Crippen LogP) is 3.53. The molecule has 0 heterocycles. The van der Waals surface area contributed by atoms with Crippen molar-refractivity contribution in [3.63, 3.8) is 0 Å². The summed E-state index contributed by atoms with van der Waals surface area (Å²) >= 11 is 3.40. The van der Waals surface area contributed by atoms with E-state index in [1.807, 2.05) is 0 Å². The van der Waals surface area contributed by atoms with Crippen molar-refractivity contribution in [1.29, 1.82) is 0 Å². The van der Waals surface area contributed by atoms with Crippen LogP contribution in [0.5, 0.6) is 17.2 Å². The molecule has 0 fully saturated rings. The van der Waals surface area contributed by atoms with E-state index in [1.54, 1.807) is 31.4 Å².